The summed E-state index contributed by atoms with van der Waals surface area (Å²) in [6, 6.07) is 5.06. The fraction of sp³-hybridized carbons (Fsp3) is 0.409. The number of esters is 2. The van der Waals surface area contributed by atoms with Gasteiger partial charge in [-0.25, -0.2) is 15.0 Å². The number of anilines is 1. The minimum Gasteiger partial charge on any atom is -0.504 e. The van der Waals surface area contributed by atoms with E-state index in [2.05, 4.69) is 20.3 Å². The van der Waals surface area contributed by atoms with Crippen LogP contribution in [0.15, 0.2) is 30.9 Å². The molecule has 4 rings (SSSR count). The number of rotatable bonds is 8. The van der Waals surface area contributed by atoms with E-state index in [1.54, 1.807) is 29.1 Å². The van der Waals surface area contributed by atoms with Crippen LogP contribution in [0.2, 0.25) is 0 Å². The first kappa shape index (κ1) is 23.2. The van der Waals surface area contributed by atoms with E-state index in [-0.39, 0.29) is 12.4 Å². The largest absolute Gasteiger partial charge is 0.504 e. The molecule has 3 atom stereocenters. The zero-order valence-corrected chi connectivity index (χ0v) is 18.9. The lowest BCUT2D eigenvalue weighted by Crippen LogP contribution is -2.31. The number of nitrogens with zero attached hydrogens (tertiary/aromatic N) is 4. The van der Waals surface area contributed by atoms with Crippen LogP contribution in [0.25, 0.3) is 11.2 Å². The molecule has 12 heteroatoms. The van der Waals surface area contributed by atoms with E-state index < -0.39 is 30.4 Å². The van der Waals surface area contributed by atoms with E-state index in [1.165, 1.54) is 27.3 Å². The standard InChI is InChI=1S/C22H25N5O7/c1-12(28)32-9-18-17(33-13(2)29)7-19(34-18)27-11-26-20-21(24-10-25-22(20)27)23-8-14-4-5-15(30)16(6-14)31-3/h4-6,10-11,17-19,30H,7-9H2,1-3H3,(H,23,24,25)/t17-,18-,19-/m1/s1. The van der Waals surface area contributed by atoms with Gasteiger partial charge in [-0.3, -0.25) is 14.2 Å². The Bertz CT molecular complexity index is 1200. The van der Waals surface area contributed by atoms with Crippen molar-refractivity contribution in [3.8, 4) is 11.5 Å². The van der Waals surface area contributed by atoms with E-state index >= 15 is 0 Å². The number of fused-ring (bicyclic) bond motifs is 1. The quantitative estimate of drug-likeness (QED) is 0.464. The predicted molar refractivity (Wildman–Crippen MR) is 118 cm³/mol. The number of aromatic nitrogens is 4. The van der Waals surface area contributed by atoms with Crippen molar-refractivity contribution in [1.82, 2.24) is 19.5 Å². The number of hydrogen-bond acceptors (Lipinski definition) is 11. The maximum absolute atomic E-state index is 11.5. The molecular weight excluding hydrogens is 446 g/mol. The van der Waals surface area contributed by atoms with Gasteiger partial charge in [0.15, 0.2) is 28.5 Å². The summed E-state index contributed by atoms with van der Waals surface area (Å²) in [5.74, 6) is 0.0564. The van der Waals surface area contributed by atoms with Gasteiger partial charge in [-0.15, -0.1) is 0 Å². The molecule has 0 aliphatic carbocycles. The molecule has 0 bridgehead atoms. The van der Waals surface area contributed by atoms with Crippen LogP contribution < -0.4 is 10.1 Å². The number of carbonyl (C=O) groups is 2. The maximum Gasteiger partial charge on any atom is 0.303 e. The first-order valence-electron chi connectivity index (χ1n) is 10.6. The molecule has 1 saturated heterocycles. The molecule has 2 aromatic heterocycles. The Morgan fingerprint density at radius 3 is 2.79 bits per heavy atom. The molecule has 0 amide bonds. The third kappa shape index (κ3) is 5.01. The summed E-state index contributed by atoms with van der Waals surface area (Å²) in [6.07, 6.45) is 1.62. The number of aromatic hydroxyl groups is 1. The molecule has 180 valence electrons. The molecule has 0 radical (unpaired) electrons. The lowest BCUT2D eigenvalue weighted by molar-refractivity contribution is -0.155. The highest BCUT2D eigenvalue weighted by molar-refractivity contribution is 5.82. The summed E-state index contributed by atoms with van der Waals surface area (Å²) < 4.78 is 23.4. The van der Waals surface area contributed by atoms with Gasteiger partial charge in [0.05, 0.1) is 13.4 Å². The van der Waals surface area contributed by atoms with Gasteiger partial charge >= 0.3 is 11.9 Å². The van der Waals surface area contributed by atoms with E-state index in [0.29, 0.717) is 35.7 Å². The molecule has 1 aliphatic rings. The average molecular weight is 471 g/mol. The monoisotopic (exact) mass is 471 g/mol. The molecule has 3 heterocycles. The Balaban J connectivity index is 1.53. The third-order valence-corrected chi connectivity index (χ3v) is 5.32. The first-order chi connectivity index (χ1) is 16.4. The molecule has 0 spiro atoms. The number of methoxy groups -OCH3 is 1. The van der Waals surface area contributed by atoms with Crippen molar-refractivity contribution in [2.24, 2.45) is 0 Å². The zero-order valence-electron chi connectivity index (χ0n) is 18.9. The third-order valence-electron chi connectivity index (χ3n) is 5.32. The van der Waals surface area contributed by atoms with Crippen LogP contribution in [-0.4, -0.2) is 62.5 Å². The maximum atomic E-state index is 11.5. The minimum absolute atomic E-state index is 0.0334. The van der Waals surface area contributed by atoms with Gasteiger partial charge in [-0.2, -0.15) is 0 Å². The van der Waals surface area contributed by atoms with Crippen molar-refractivity contribution >= 4 is 28.9 Å². The number of phenolic OH excluding ortho intramolecular Hbond substituents is 1. The summed E-state index contributed by atoms with van der Waals surface area (Å²) in [6.45, 7) is 3.00. The lowest BCUT2D eigenvalue weighted by atomic mass is 10.2. The van der Waals surface area contributed by atoms with Crippen molar-refractivity contribution in [1.29, 1.82) is 0 Å². The van der Waals surface area contributed by atoms with Crippen LogP contribution >= 0.6 is 0 Å². The number of hydrogen-bond donors (Lipinski definition) is 2. The fourth-order valence-electron chi connectivity index (χ4n) is 3.77. The van der Waals surface area contributed by atoms with Gasteiger partial charge in [0.1, 0.15) is 31.4 Å². The van der Waals surface area contributed by atoms with Crippen molar-refractivity contribution in [3.63, 3.8) is 0 Å². The fourth-order valence-corrected chi connectivity index (χ4v) is 3.77. The van der Waals surface area contributed by atoms with Crippen LogP contribution in [0.3, 0.4) is 0 Å². The van der Waals surface area contributed by atoms with Gasteiger partial charge in [0.25, 0.3) is 0 Å². The van der Waals surface area contributed by atoms with Gasteiger partial charge < -0.3 is 29.4 Å². The summed E-state index contributed by atoms with van der Waals surface area (Å²) >= 11 is 0. The molecule has 1 aromatic carbocycles. The van der Waals surface area contributed by atoms with E-state index in [4.69, 9.17) is 18.9 Å². The second-order valence-corrected chi connectivity index (χ2v) is 7.72. The highest BCUT2D eigenvalue weighted by atomic mass is 16.6. The van der Waals surface area contributed by atoms with Crippen LogP contribution in [-0.2, 0) is 30.3 Å². The summed E-state index contributed by atoms with van der Waals surface area (Å²) in [4.78, 5) is 35.8. The van der Waals surface area contributed by atoms with Gasteiger partial charge in [-0.1, -0.05) is 6.07 Å². The number of carbonyl (C=O) groups excluding carboxylic acids is 2. The Morgan fingerprint density at radius 1 is 1.24 bits per heavy atom. The first-order valence-corrected chi connectivity index (χ1v) is 10.6. The smallest absolute Gasteiger partial charge is 0.303 e. The van der Waals surface area contributed by atoms with E-state index in [9.17, 15) is 14.7 Å². The summed E-state index contributed by atoms with van der Waals surface area (Å²) in [5, 5.41) is 13.0. The van der Waals surface area contributed by atoms with Gasteiger partial charge in [-0.05, 0) is 17.7 Å². The van der Waals surface area contributed by atoms with Gasteiger partial charge in [0, 0.05) is 26.8 Å². The molecule has 1 fully saturated rings. The molecule has 2 N–H and O–H groups in total. The van der Waals surface area contributed by atoms with Crippen molar-refractivity contribution < 1.29 is 33.6 Å². The lowest BCUT2D eigenvalue weighted by Gasteiger charge is -2.17. The Kier molecular flexibility index (Phi) is 6.77. The highest BCUT2D eigenvalue weighted by Crippen LogP contribution is 2.34. The van der Waals surface area contributed by atoms with Crippen molar-refractivity contribution in [2.45, 2.75) is 45.2 Å². The normalized spacial score (nSPS) is 19.7. The molecule has 34 heavy (non-hydrogen) atoms. The molecule has 1 aliphatic heterocycles. The van der Waals surface area contributed by atoms with E-state index in [0.717, 1.165) is 5.56 Å². The number of phenols is 1. The molecule has 0 unspecified atom stereocenters. The summed E-state index contributed by atoms with van der Waals surface area (Å²) in [5.41, 5.74) is 1.93. The number of imidazole rings is 1. The van der Waals surface area contributed by atoms with Crippen LogP contribution in [0.4, 0.5) is 5.82 Å². The number of benzene rings is 1. The molecule has 0 saturated carbocycles. The molecule has 3 aromatic rings. The zero-order chi connectivity index (χ0) is 24.2. The Morgan fingerprint density at radius 2 is 2.06 bits per heavy atom. The molecular formula is C22H25N5O7. The number of nitrogens with one attached hydrogen (secondary N) is 1. The second kappa shape index (κ2) is 9.91. The number of ether oxygens (including phenoxy) is 4. The predicted octanol–water partition coefficient (Wildman–Crippen LogP) is 1.93. The topological polar surface area (TPSA) is 147 Å². The van der Waals surface area contributed by atoms with Crippen LogP contribution in [0.1, 0.15) is 32.1 Å². The second-order valence-electron chi connectivity index (χ2n) is 7.72. The highest BCUT2D eigenvalue weighted by Gasteiger charge is 2.40. The van der Waals surface area contributed by atoms with Crippen molar-refractivity contribution in [2.75, 3.05) is 19.0 Å². The molecule has 12 nitrogen and oxygen atoms in total. The van der Waals surface area contributed by atoms with Gasteiger partial charge in [0.2, 0.25) is 0 Å². The Labute approximate surface area is 194 Å². The van der Waals surface area contributed by atoms with Crippen LogP contribution in [0, 0.1) is 0 Å². The van der Waals surface area contributed by atoms with Crippen molar-refractivity contribution in [3.05, 3.63) is 36.4 Å². The summed E-state index contributed by atoms with van der Waals surface area (Å²) in [7, 11) is 1.49. The van der Waals surface area contributed by atoms with E-state index in [1.807, 2.05) is 0 Å². The SMILES string of the molecule is COc1cc(CNc2ncnc3c2ncn3[C@H]2C[C@@H](OC(C)=O)[C@@H](COC(C)=O)O2)ccc1O. The minimum atomic E-state index is -0.612. The van der Waals surface area contributed by atoms with Crippen LogP contribution in [0.5, 0.6) is 11.5 Å². The average Bonchev–Trinajstić information content (AvgIpc) is 3.40. The Hall–Kier alpha value is -3.93.